The normalized spacial score (nSPS) is 11.1. The van der Waals surface area contributed by atoms with Crippen molar-refractivity contribution in [2.45, 2.75) is 20.3 Å². The lowest BCUT2D eigenvalue weighted by atomic mass is 10.2. The number of hydrogen-bond donors (Lipinski definition) is 1. The van der Waals surface area contributed by atoms with Gasteiger partial charge in [-0.2, -0.15) is 0 Å². The van der Waals surface area contributed by atoms with Crippen molar-refractivity contribution in [3.05, 3.63) is 35.3 Å². The van der Waals surface area contributed by atoms with Gasteiger partial charge in [-0.1, -0.05) is 55.5 Å². The van der Waals surface area contributed by atoms with E-state index in [-0.39, 0.29) is 0 Å². The third kappa shape index (κ3) is 3.89. The van der Waals surface area contributed by atoms with Crippen molar-refractivity contribution in [2.24, 2.45) is 5.92 Å². The molecular formula is C14H19N3S. The molecule has 0 saturated carbocycles. The van der Waals surface area contributed by atoms with Gasteiger partial charge < -0.3 is 5.32 Å². The van der Waals surface area contributed by atoms with Crippen LogP contribution in [0, 0.1) is 5.92 Å². The molecule has 0 atom stereocenters. The minimum atomic E-state index is 0.694. The second-order valence-electron chi connectivity index (χ2n) is 4.71. The van der Waals surface area contributed by atoms with Gasteiger partial charge in [0.2, 0.25) is 0 Å². The molecule has 0 aliphatic rings. The van der Waals surface area contributed by atoms with Crippen molar-refractivity contribution in [3.8, 4) is 10.6 Å². The molecule has 4 heteroatoms. The van der Waals surface area contributed by atoms with Gasteiger partial charge in [-0.3, -0.25) is 0 Å². The highest BCUT2D eigenvalue weighted by Crippen LogP contribution is 2.22. The van der Waals surface area contributed by atoms with Crippen molar-refractivity contribution in [2.75, 3.05) is 13.1 Å². The first kappa shape index (κ1) is 13.2. The molecule has 0 bridgehead atoms. The number of nitrogens with zero attached hydrogens (tertiary/aromatic N) is 2. The number of benzene rings is 1. The van der Waals surface area contributed by atoms with Crippen molar-refractivity contribution in [3.63, 3.8) is 0 Å². The van der Waals surface area contributed by atoms with Crippen molar-refractivity contribution >= 4 is 11.3 Å². The van der Waals surface area contributed by atoms with Crippen LogP contribution in [-0.4, -0.2) is 23.3 Å². The van der Waals surface area contributed by atoms with Crippen LogP contribution in [0.1, 0.15) is 18.9 Å². The van der Waals surface area contributed by atoms with Crippen LogP contribution in [-0.2, 0) is 6.42 Å². The van der Waals surface area contributed by atoms with E-state index in [0.29, 0.717) is 5.92 Å². The molecule has 1 aromatic carbocycles. The molecular weight excluding hydrogens is 242 g/mol. The topological polar surface area (TPSA) is 37.8 Å². The van der Waals surface area contributed by atoms with Gasteiger partial charge in [-0.05, 0) is 12.5 Å². The zero-order chi connectivity index (χ0) is 12.8. The van der Waals surface area contributed by atoms with Crippen LogP contribution in [0.15, 0.2) is 30.3 Å². The van der Waals surface area contributed by atoms with Crippen LogP contribution in [0.2, 0.25) is 0 Å². The maximum atomic E-state index is 4.24. The minimum Gasteiger partial charge on any atom is -0.316 e. The van der Waals surface area contributed by atoms with E-state index in [9.17, 15) is 0 Å². The summed E-state index contributed by atoms with van der Waals surface area (Å²) in [5.41, 5.74) is 1.15. The highest BCUT2D eigenvalue weighted by molar-refractivity contribution is 7.14. The summed E-state index contributed by atoms with van der Waals surface area (Å²) in [7, 11) is 0. The molecule has 1 heterocycles. The van der Waals surface area contributed by atoms with Gasteiger partial charge in [-0.15, -0.1) is 10.2 Å². The molecule has 18 heavy (non-hydrogen) atoms. The zero-order valence-electron chi connectivity index (χ0n) is 10.9. The lowest BCUT2D eigenvalue weighted by Gasteiger charge is -2.05. The maximum Gasteiger partial charge on any atom is 0.147 e. The summed E-state index contributed by atoms with van der Waals surface area (Å²) in [5.74, 6) is 0.694. The first-order chi connectivity index (χ1) is 8.75. The summed E-state index contributed by atoms with van der Waals surface area (Å²) in [4.78, 5) is 0. The van der Waals surface area contributed by atoms with Gasteiger partial charge in [0.05, 0.1) is 0 Å². The van der Waals surface area contributed by atoms with E-state index >= 15 is 0 Å². The fourth-order valence-corrected chi connectivity index (χ4v) is 2.48. The average molecular weight is 261 g/mol. The van der Waals surface area contributed by atoms with Crippen LogP contribution in [0.4, 0.5) is 0 Å². The van der Waals surface area contributed by atoms with E-state index in [1.807, 2.05) is 18.2 Å². The molecule has 0 unspecified atom stereocenters. The van der Waals surface area contributed by atoms with E-state index in [2.05, 4.69) is 41.5 Å². The smallest absolute Gasteiger partial charge is 0.147 e. The number of aromatic nitrogens is 2. The first-order valence-corrected chi connectivity index (χ1v) is 7.16. The summed E-state index contributed by atoms with van der Waals surface area (Å²) >= 11 is 1.68. The van der Waals surface area contributed by atoms with E-state index in [1.54, 1.807) is 11.3 Å². The van der Waals surface area contributed by atoms with E-state index in [1.165, 1.54) is 0 Å². The Morgan fingerprint density at radius 1 is 1.17 bits per heavy atom. The highest BCUT2D eigenvalue weighted by atomic mass is 32.1. The lowest BCUT2D eigenvalue weighted by molar-refractivity contribution is 0.553. The molecule has 0 aliphatic carbocycles. The van der Waals surface area contributed by atoms with Crippen LogP contribution in [0.25, 0.3) is 10.6 Å². The molecule has 0 aliphatic heterocycles. The van der Waals surface area contributed by atoms with E-state index < -0.39 is 0 Å². The predicted octanol–water partition coefficient (Wildman–Crippen LogP) is 2.99. The van der Waals surface area contributed by atoms with Crippen LogP contribution < -0.4 is 5.32 Å². The second kappa shape index (κ2) is 6.61. The monoisotopic (exact) mass is 261 g/mol. The molecule has 0 radical (unpaired) electrons. The second-order valence-corrected chi connectivity index (χ2v) is 5.78. The summed E-state index contributed by atoms with van der Waals surface area (Å²) in [6, 6.07) is 10.2. The third-order valence-corrected chi connectivity index (χ3v) is 3.59. The fourth-order valence-electron chi connectivity index (χ4n) is 1.64. The van der Waals surface area contributed by atoms with Crippen LogP contribution in [0.5, 0.6) is 0 Å². The Morgan fingerprint density at radius 3 is 2.67 bits per heavy atom. The largest absolute Gasteiger partial charge is 0.316 e. The zero-order valence-corrected chi connectivity index (χ0v) is 11.7. The van der Waals surface area contributed by atoms with Crippen molar-refractivity contribution < 1.29 is 0 Å². The fraction of sp³-hybridized carbons (Fsp3) is 0.429. The molecule has 1 N–H and O–H groups in total. The van der Waals surface area contributed by atoms with Crippen LogP contribution >= 0.6 is 11.3 Å². The maximum absolute atomic E-state index is 4.24. The average Bonchev–Trinajstić information content (AvgIpc) is 2.84. The Bertz CT molecular complexity index is 465. The predicted molar refractivity (Wildman–Crippen MR) is 76.8 cm³/mol. The third-order valence-electron chi connectivity index (χ3n) is 2.56. The van der Waals surface area contributed by atoms with E-state index in [0.717, 1.165) is 35.1 Å². The quantitative estimate of drug-likeness (QED) is 0.812. The summed E-state index contributed by atoms with van der Waals surface area (Å²) in [6.07, 6.45) is 0.956. The molecule has 96 valence electrons. The molecule has 3 nitrogen and oxygen atoms in total. The molecule has 2 rings (SSSR count). The Morgan fingerprint density at radius 2 is 1.94 bits per heavy atom. The highest BCUT2D eigenvalue weighted by Gasteiger charge is 2.05. The number of hydrogen-bond acceptors (Lipinski definition) is 4. The van der Waals surface area contributed by atoms with Crippen molar-refractivity contribution in [1.29, 1.82) is 0 Å². The Balaban J connectivity index is 1.87. The molecule has 0 fully saturated rings. The SMILES string of the molecule is CC(C)CNCCc1nnc(-c2ccccc2)s1. The van der Waals surface area contributed by atoms with Gasteiger partial charge in [0.1, 0.15) is 10.0 Å². The molecule has 0 spiro atoms. The van der Waals surface area contributed by atoms with Crippen LogP contribution in [0.3, 0.4) is 0 Å². The lowest BCUT2D eigenvalue weighted by Crippen LogP contribution is -2.22. The summed E-state index contributed by atoms with van der Waals surface area (Å²) in [6.45, 7) is 6.46. The van der Waals surface area contributed by atoms with Gasteiger partial charge >= 0.3 is 0 Å². The molecule has 0 saturated heterocycles. The van der Waals surface area contributed by atoms with E-state index in [4.69, 9.17) is 0 Å². The summed E-state index contributed by atoms with van der Waals surface area (Å²) < 4.78 is 0. The summed E-state index contributed by atoms with van der Waals surface area (Å²) in [5, 5.41) is 14.0. The molecule has 0 amide bonds. The van der Waals surface area contributed by atoms with Gasteiger partial charge in [0, 0.05) is 18.5 Å². The molecule has 1 aromatic heterocycles. The first-order valence-electron chi connectivity index (χ1n) is 6.34. The van der Waals surface area contributed by atoms with Gasteiger partial charge in [-0.25, -0.2) is 0 Å². The number of nitrogens with one attached hydrogen (secondary N) is 1. The Kier molecular flexibility index (Phi) is 4.84. The minimum absolute atomic E-state index is 0.694. The Hall–Kier alpha value is -1.26. The van der Waals surface area contributed by atoms with Gasteiger partial charge in [0.15, 0.2) is 0 Å². The Labute approximate surface area is 112 Å². The molecule has 2 aromatic rings. The van der Waals surface area contributed by atoms with Gasteiger partial charge in [0.25, 0.3) is 0 Å². The number of rotatable bonds is 6. The standard InChI is InChI=1S/C14H19N3S/c1-11(2)10-15-9-8-13-16-17-14(18-13)12-6-4-3-5-7-12/h3-7,11,15H,8-10H2,1-2H3. The van der Waals surface area contributed by atoms with Crippen molar-refractivity contribution in [1.82, 2.24) is 15.5 Å².